The molecule has 2 rings (SSSR count). The quantitative estimate of drug-likeness (QED) is 0.796. The molecule has 0 saturated heterocycles. The van der Waals surface area contributed by atoms with E-state index in [0.29, 0.717) is 11.2 Å². The van der Waals surface area contributed by atoms with Gasteiger partial charge in [0.05, 0.1) is 6.33 Å². The van der Waals surface area contributed by atoms with Crippen LogP contribution < -0.4 is 11.2 Å². The predicted molar refractivity (Wildman–Crippen MR) is 71.9 cm³/mol. The second kappa shape index (κ2) is 5.66. The topological polar surface area (TPSA) is 61.8 Å². The maximum atomic E-state index is 11.9. The average Bonchev–Trinajstić information content (AvgIpc) is 2.81. The fourth-order valence-corrected chi connectivity index (χ4v) is 1.81. The van der Waals surface area contributed by atoms with E-state index >= 15 is 0 Å². The summed E-state index contributed by atoms with van der Waals surface area (Å²) in [6, 6.07) is 0. The van der Waals surface area contributed by atoms with Crippen molar-refractivity contribution in [2.24, 2.45) is 14.1 Å². The SMILES string of the molecule is CC.CCCn1cnc2c1c(=O)n(C)c(=O)n2C. The molecule has 6 nitrogen and oxygen atoms in total. The Bertz CT molecular complexity index is 648. The van der Waals surface area contributed by atoms with Gasteiger partial charge in [0.2, 0.25) is 0 Å². The monoisotopic (exact) mass is 252 g/mol. The van der Waals surface area contributed by atoms with Gasteiger partial charge in [-0.1, -0.05) is 20.8 Å². The van der Waals surface area contributed by atoms with Gasteiger partial charge in [0, 0.05) is 20.6 Å². The number of fused-ring (bicyclic) bond motifs is 1. The number of aryl methyl sites for hydroxylation is 2. The number of aromatic nitrogens is 4. The average molecular weight is 252 g/mol. The maximum absolute atomic E-state index is 11.9. The molecule has 0 N–H and O–H groups in total. The molecule has 0 aliphatic carbocycles. The standard InChI is InChI=1S/C10H14N4O2.C2H6/c1-4-5-14-6-11-8-7(14)9(15)13(3)10(16)12(8)2;1-2/h6H,4-5H2,1-3H3;1-2H3. The van der Waals surface area contributed by atoms with Crippen molar-refractivity contribution in [3.8, 4) is 0 Å². The first-order valence-electron chi connectivity index (χ1n) is 6.18. The Morgan fingerprint density at radius 1 is 1.17 bits per heavy atom. The van der Waals surface area contributed by atoms with E-state index in [1.54, 1.807) is 17.9 Å². The highest BCUT2D eigenvalue weighted by Gasteiger charge is 2.13. The highest BCUT2D eigenvalue weighted by Crippen LogP contribution is 2.05. The minimum Gasteiger partial charge on any atom is -0.325 e. The molecule has 2 aromatic heterocycles. The smallest absolute Gasteiger partial charge is 0.325 e. The first-order valence-corrected chi connectivity index (χ1v) is 6.18. The molecule has 0 unspecified atom stereocenters. The molecule has 2 aromatic rings. The van der Waals surface area contributed by atoms with Gasteiger partial charge in [-0.05, 0) is 6.42 Å². The summed E-state index contributed by atoms with van der Waals surface area (Å²) in [6.45, 7) is 6.75. The molecule has 0 aromatic carbocycles. The second-order valence-electron chi connectivity index (χ2n) is 3.82. The summed E-state index contributed by atoms with van der Waals surface area (Å²) < 4.78 is 4.29. The van der Waals surface area contributed by atoms with Crippen LogP contribution in [0.15, 0.2) is 15.9 Å². The lowest BCUT2D eigenvalue weighted by molar-refractivity contribution is 0.676. The molecular weight excluding hydrogens is 232 g/mol. The van der Waals surface area contributed by atoms with Crippen LogP contribution in [0.3, 0.4) is 0 Å². The van der Waals surface area contributed by atoms with E-state index in [4.69, 9.17) is 0 Å². The minimum absolute atomic E-state index is 0.288. The fraction of sp³-hybridized carbons (Fsp3) is 0.583. The van der Waals surface area contributed by atoms with Crippen LogP contribution in [-0.2, 0) is 20.6 Å². The van der Waals surface area contributed by atoms with E-state index < -0.39 is 0 Å². The molecule has 2 heterocycles. The molecule has 18 heavy (non-hydrogen) atoms. The molecule has 0 amide bonds. The molecular formula is C12H20N4O2. The number of rotatable bonds is 2. The highest BCUT2D eigenvalue weighted by molar-refractivity contribution is 5.69. The number of hydrogen-bond acceptors (Lipinski definition) is 3. The van der Waals surface area contributed by atoms with Gasteiger partial charge in [-0.25, -0.2) is 9.78 Å². The zero-order chi connectivity index (χ0) is 13.9. The third-order valence-electron chi connectivity index (χ3n) is 2.68. The van der Waals surface area contributed by atoms with Crippen molar-refractivity contribution < 1.29 is 0 Å². The van der Waals surface area contributed by atoms with Crippen molar-refractivity contribution in [3.63, 3.8) is 0 Å². The summed E-state index contributed by atoms with van der Waals surface area (Å²) in [5, 5.41) is 0. The van der Waals surface area contributed by atoms with Gasteiger partial charge in [-0.3, -0.25) is 13.9 Å². The van der Waals surface area contributed by atoms with Gasteiger partial charge < -0.3 is 4.57 Å². The minimum atomic E-state index is -0.348. The van der Waals surface area contributed by atoms with Gasteiger partial charge in [0.15, 0.2) is 11.2 Å². The zero-order valence-corrected chi connectivity index (χ0v) is 11.6. The van der Waals surface area contributed by atoms with Gasteiger partial charge in [0.25, 0.3) is 5.56 Å². The molecule has 0 fully saturated rings. The predicted octanol–water partition coefficient (Wildman–Crippen LogP) is 0.870. The number of imidazole rings is 1. The van der Waals surface area contributed by atoms with E-state index in [1.807, 2.05) is 20.8 Å². The molecule has 0 aliphatic rings. The number of hydrogen-bond donors (Lipinski definition) is 0. The van der Waals surface area contributed by atoms with Gasteiger partial charge in [0.1, 0.15) is 0 Å². The Balaban J connectivity index is 0.000000771. The molecule has 0 radical (unpaired) electrons. The van der Waals surface area contributed by atoms with Crippen molar-refractivity contribution in [3.05, 3.63) is 27.2 Å². The second-order valence-corrected chi connectivity index (χ2v) is 3.82. The number of nitrogens with zero attached hydrogens (tertiary/aromatic N) is 4. The molecule has 0 bridgehead atoms. The normalized spacial score (nSPS) is 10.3. The van der Waals surface area contributed by atoms with E-state index in [9.17, 15) is 9.59 Å². The van der Waals surface area contributed by atoms with Crippen molar-refractivity contribution >= 4 is 11.2 Å². The Morgan fingerprint density at radius 3 is 2.33 bits per heavy atom. The Labute approximate surface area is 105 Å². The van der Waals surface area contributed by atoms with Crippen molar-refractivity contribution in [2.75, 3.05) is 0 Å². The Morgan fingerprint density at radius 2 is 1.78 bits per heavy atom. The van der Waals surface area contributed by atoms with Crippen LogP contribution in [0.5, 0.6) is 0 Å². The largest absolute Gasteiger partial charge is 0.332 e. The summed E-state index contributed by atoms with van der Waals surface area (Å²) in [5.41, 5.74) is 0.302. The highest BCUT2D eigenvalue weighted by atomic mass is 16.2. The lowest BCUT2D eigenvalue weighted by Crippen LogP contribution is -2.37. The lowest BCUT2D eigenvalue weighted by atomic mass is 10.4. The van der Waals surface area contributed by atoms with Gasteiger partial charge >= 0.3 is 5.69 Å². The third kappa shape index (κ3) is 2.10. The van der Waals surface area contributed by atoms with Gasteiger partial charge in [-0.2, -0.15) is 0 Å². The van der Waals surface area contributed by atoms with Gasteiger partial charge in [-0.15, -0.1) is 0 Å². The van der Waals surface area contributed by atoms with Crippen LogP contribution in [0.2, 0.25) is 0 Å². The fourth-order valence-electron chi connectivity index (χ4n) is 1.81. The molecule has 0 atom stereocenters. The lowest BCUT2D eigenvalue weighted by Gasteiger charge is -2.05. The summed E-state index contributed by atoms with van der Waals surface area (Å²) >= 11 is 0. The summed E-state index contributed by atoms with van der Waals surface area (Å²) in [4.78, 5) is 27.7. The van der Waals surface area contributed by atoms with E-state index in [0.717, 1.165) is 17.5 Å². The Hall–Kier alpha value is -1.85. The van der Waals surface area contributed by atoms with Crippen LogP contribution in [0.4, 0.5) is 0 Å². The summed E-state index contributed by atoms with van der Waals surface area (Å²) in [5.74, 6) is 0. The summed E-state index contributed by atoms with van der Waals surface area (Å²) in [6.07, 6.45) is 2.52. The summed E-state index contributed by atoms with van der Waals surface area (Å²) in [7, 11) is 3.10. The van der Waals surface area contributed by atoms with Crippen LogP contribution in [0, 0.1) is 0 Å². The zero-order valence-electron chi connectivity index (χ0n) is 11.6. The molecule has 0 aliphatic heterocycles. The maximum Gasteiger partial charge on any atom is 0.332 e. The first kappa shape index (κ1) is 14.2. The van der Waals surface area contributed by atoms with Crippen LogP contribution in [0.25, 0.3) is 11.2 Å². The van der Waals surface area contributed by atoms with Crippen LogP contribution >= 0.6 is 0 Å². The Kier molecular flexibility index (Phi) is 4.47. The van der Waals surface area contributed by atoms with Crippen molar-refractivity contribution in [2.45, 2.75) is 33.7 Å². The molecule has 100 valence electrons. The molecule has 0 spiro atoms. The van der Waals surface area contributed by atoms with E-state index in [-0.39, 0.29) is 11.2 Å². The molecule has 6 heteroatoms. The van der Waals surface area contributed by atoms with Crippen molar-refractivity contribution in [1.82, 2.24) is 18.7 Å². The van der Waals surface area contributed by atoms with E-state index in [1.165, 1.54) is 11.6 Å². The first-order chi connectivity index (χ1) is 8.57. The van der Waals surface area contributed by atoms with Crippen LogP contribution in [0.1, 0.15) is 27.2 Å². The van der Waals surface area contributed by atoms with E-state index in [2.05, 4.69) is 4.98 Å². The molecule has 0 saturated carbocycles. The van der Waals surface area contributed by atoms with Crippen LogP contribution in [-0.4, -0.2) is 18.7 Å². The third-order valence-corrected chi connectivity index (χ3v) is 2.68. The van der Waals surface area contributed by atoms with Crippen molar-refractivity contribution in [1.29, 1.82) is 0 Å².